The molecule has 1 nitrogen and oxygen atoms in total. The normalized spacial score (nSPS) is 22.0. The average Bonchev–Trinajstić information content (AvgIpc) is 2.95. The van der Waals surface area contributed by atoms with E-state index in [-0.39, 0.29) is 20.9 Å². The second kappa shape index (κ2) is 7.27. The molecule has 0 radical (unpaired) electrons. The molecular weight excluding hydrogens is 360 g/mol. The van der Waals surface area contributed by atoms with E-state index in [9.17, 15) is 0 Å². The van der Waals surface area contributed by atoms with Crippen LogP contribution >= 0.6 is 0 Å². The monoisotopic (exact) mass is 382 g/mol. The van der Waals surface area contributed by atoms with Gasteiger partial charge in [0.05, 0.1) is 0 Å². The molecule has 3 rings (SSSR count). The van der Waals surface area contributed by atoms with Gasteiger partial charge in [0.25, 0.3) is 0 Å². The van der Waals surface area contributed by atoms with Crippen molar-refractivity contribution in [2.45, 2.75) is 23.4 Å². The molecule has 1 aliphatic heterocycles. The fourth-order valence-corrected chi connectivity index (χ4v) is 5.53. The molecule has 2 atom stereocenters. The Balaban J connectivity index is 1.45. The first-order chi connectivity index (χ1) is 9.90. The molecule has 2 heteroatoms. The summed E-state index contributed by atoms with van der Waals surface area (Å²) < 4.78 is 8.93. The molecule has 0 N–H and O–H groups in total. The van der Waals surface area contributed by atoms with Crippen molar-refractivity contribution in [3.63, 3.8) is 0 Å². The van der Waals surface area contributed by atoms with E-state index in [1.807, 2.05) is 0 Å². The number of hydrogen-bond donors (Lipinski definition) is 0. The number of benzene rings is 2. The molecule has 0 aromatic heterocycles. The summed E-state index contributed by atoms with van der Waals surface area (Å²) in [6.07, 6.45) is 2.75. The van der Waals surface area contributed by atoms with Gasteiger partial charge >= 0.3 is 131 Å². The topological polar surface area (TPSA) is 9.23 Å². The van der Waals surface area contributed by atoms with Crippen LogP contribution in [0.5, 0.6) is 0 Å². The van der Waals surface area contributed by atoms with Crippen LogP contribution in [0.4, 0.5) is 0 Å². The molecule has 2 aromatic rings. The van der Waals surface area contributed by atoms with Gasteiger partial charge in [0, 0.05) is 0 Å². The molecule has 0 amide bonds. The molecule has 1 saturated heterocycles. The summed E-state index contributed by atoms with van der Waals surface area (Å²) in [6, 6.07) is 21.7. The Morgan fingerprint density at radius 1 is 0.950 bits per heavy atom. The van der Waals surface area contributed by atoms with E-state index in [2.05, 4.69) is 60.7 Å². The van der Waals surface area contributed by atoms with Gasteiger partial charge in [-0.15, -0.1) is 0 Å². The Kier molecular flexibility index (Phi) is 5.14. The summed E-state index contributed by atoms with van der Waals surface area (Å²) in [4.78, 5) is 0. The van der Waals surface area contributed by atoms with Crippen molar-refractivity contribution >= 4 is 24.5 Å². The van der Waals surface area contributed by atoms with Gasteiger partial charge in [-0.05, 0) is 0 Å². The Hall–Kier alpha value is -0.810. The third-order valence-electron chi connectivity index (χ3n) is 3.70. The Morgan fingerprint density at radius 2 is 1.65 bits per heavy atom. The van der Waals surface area contributed by atoms with Crippen molar-refractivity contribution in [3.8, 4) is 0 Å². The Morgan fingerprint density at radius 3 is 2.40 bits per heavy atom. The zero-order valence-electron chi connectivity index (χ0n) is 11.6. The molecule has 1 fully saturated rings. The quantitative estimate of drug-likeness (QED) is 0.725. The van der Waals surface area contributed by atoms with Gasteiger partial charge in [0.15, 0.2) is 0 Å². The fraction of sp³-hybridized carbons (Fsp3) is 0.333. The molecule has 104 valence electrons. The van der Waals surface area contributed by atoms with Gasteiger partial charge in [0.1, 0.15) is 0 Å². The standard InChI is InChI=1S/C18H20OTe/c1-3-7-15(8-4-1)11-17-12-16(13-19-17)14-20-18-9-5-2-6-10-18/h1-10,16-17H,11-14H2/t16-,17-/m1/s1. The van der Waals surface area contributed by atoms with Crippen molar-refractivity contribution in [1.29, 1.82) is 0 Å². The molecule has 0 aliphatic carbocycles. The van der Waals surface area contributed by atoms with E-state index in [0.29, 0.717) is 6.10 Å². The van der Waals surface area contributed by atoms with Gasteiger partial charge in [-0.25, -0.2) is 0 Å². The second-order valence-corrected chi connectivity index (χ2v) is 8.49. The third-order valence-corrected chi connectivity index (χ3v) is 7.25. The van der Waals surface area contributed by atoms with Crippen molar-refractivity contribution in [2.24, 2.45) is 5.92 Å². The van der Waals surface area contributed by atoms with Gasteiger partial charge < -0.3 is 0 Å². The minimum absolute atomic E-state index is 0.0315. The molecule has 1 heterocycles. The summed E-state index contributed by atoms with van der Waals surface area (Å²) in [5.41, 5.74) is 1.40. The van der Waals surface area contributed by atoms with E-state index in [1.54, 1.807) is 3.61 Å². The molecular formula is C18H20OTe. The predicted octanol–water partition coefficient (Wildman–Crippen LogP) is 3.08. The summed E-state index contributed by atoms with van der Waals surface area (Å²) in [5.74, 6) is 0.784. The van der Waals surface area contributed by atoms with Gasteiger partial charge in [-0.1, -0.05) is 0 Å². The maximum absolute atomic E-state index is 5.98. The summed E-state index contributed by atoms with van der Waals surface area (Å²) in [7, 11) is 0. The van der Waals surface area contributed by atoms with Crippen molar-refractivity contribution in [2.75, 3.05) is 6.61 Å². The van der Waals surface area contributed by atoms with Gasteiger partial charge in [-0.2, -0.15) is 0 Å². The van der Waals surface area contributed by atoms with E-state index < -0.39 is 0 Å². The molecule has 0 spiro atoms. The molecule has 20 heavy (non-hydrogen) atoms. The summed E-state index contributed by atoms with van der Waals surface area (Å²) >= 11 is -0.0315. The van der Waals surface area contributed by atoms with Crippen molar-refractivity contribution in [1.82, 2.24) is 0 Å². The predicted molar refractivity (Wildman–Crippen MR) is 84.6 cm³/mol. The van der Waals surface area contributed by atoms with Gasteiger partial charge in [-0.3, -0.25) is 0 Å². The number of hydrogen-bond acceptors (Lipinski definition) is 1. The van der Waals surface area contributed by atoms with Crippen LogP contribution in [0, 0.1) is 5.92 Å². The van der Waals surface area contributed by atoms with Crippen LogP contribution in [0.3, 0.4) is 0 Å². The fourth-order valence-electron chi connectivity index (χ4n) is 2.65. The van der Waals surface area contributed by atoms with Crippen LogP contribution in [0.25, 0.3) is 0 Å². The van der Waals surface area contributed by atoms with E-state index >= 15 is 0 Å². The van der Waals surface area contributed by atoms with Crippen LogP contribution < -0.4 is 3.61 Å². The van der Waals surface area contributed by atoms with E-state index in [4.69, 9.17) is 4.74 Å². The Labute approximate surface area is 131 Å². The maximum atomic E-state index is 5.98. The zero-order chi connectivity index (χ0) is 13.6. The molecule has 2 aromatic carbocycles. The van der Waals surface area contributed by atoms with Crippen LogP contribution in [-0.2, 0) is 11.2 Å². The summed E-state index contributed by atoms with van der Waals surface area (Å²) in [6.45, 7) is 0.967. The number of rotatable bonds is 5. The molecule has 0 unspecified atom stereocenters. The first-order valence-corrected chi connectivity index (χ1v) is 10.0. The van der Waals surface area contributed by atoms with Crippen molar-refractivity contribution in [3.05, 3.63) is 66.2 Å². The van der Waals surface area contributed by atoms with Crippen LogP contribution in [-0.4, -0.2) is 33.6 Å². The third kappa shape index (κ3) is 4.09. The SMILES string of the molecule is c1ccc(C[C@@H]2C[C@@H](C[Te]c3ccccc3)CO2)cc1. The Bertz CT molecular complexity index is 511. The first kappa shape index (κ1) is 14.1. The zero-order valence-corrected chi connectivity index (χ0v) is 13.9. The van der Waals surface area contributed by atoms with Crippen LogP contribution in [0.1, 0.15) is 12.0 Å². The number of ether oxygens (including phenoxy) is 1. The first-order valence-electron chi connectivity index (χ1n) is 7.23. The van der Waals surface area contributed by atoms with Crippen LogP contribution in [0.2, 0.25) is 4.47 Å². The molecule has 0 bridgehead atoms. The van der Waals surface area contributed by atoms with E-state index in [0.717, 1.165) is 18.9 Å². The average molecular weight is 380 g/mol. The van der Waals surface area contributed by atoms with Crippen molar-refractivity contribution < 1.29 is 4.74 Å². The second-order valence-electron chi connectivity index (χ2n) is 5.37. The van der Waals surface area contributed by atoms with E-state index in [1.165, 1.54) is 16.5 Å². The molecule has 0 saturated carbocycles. The van der Waals surface area contributed by atoms with Gasteiger partial charge in [0.2, 0.25) is 0 Å². The minimum atomic E-state index is -0.0315. The van der Waals surface area contributed by atoms with Crippen LogP contribution in [0.15, 0.2) is 60.7 Å². The summed E-state index contributed by atoms with van der Waals surface area (Å²) in [5, 5.41) is 0. The molecule has 1 aliphatic rings.